The zero-order valence-corrected chi connectivity index (χ0v) is 27.5. The standard InChI is InChI=1S/C43H24N2O2S2/c1-2-8-25(9-3-1)43-44-34-18-21-40-41(42(34)49-43)33-23-27(16-20-39(33)48-40)45(26-15-19-37-32(22-26)30-11-5-7-13-36(30)46-37)28-14-17-31-29-10-4-6-12-35(29)47-38(31)24-28/h1-24H. The van der Waals surface area contributed by atoms with Gasteiger partial charge in [-0.3, -0.25) is 0 Å². The second kappa shape index (κ2) is 10.3. The van der Waals surface area contributed by atoms with Crippen LogP contribution in [0.3, 0.4) is 0 Å². The molecule has 0 saturated heterocycles. The summed E-state index contributed by atoms with van der Waals surface area (Å²) in [4.78, 5) is 7.39. The van der Waals surface area contributed by atoms with Crippen LogP contribution in [0.15, 0.2) is 154 Å². The highest BCUT2D eigenvalue weighted by atomic mass is 32.1. The fourth-order valence-corrected chi connectivity index (χ4v) is 9.52. The maximum atomic E-state index is 6.39. The van der Waals surface area contributed by atoms with Gasteiger partial charge in [-0.15, -0.1) is 22.7 Å². The third-order valence-corrected chi connectivity index (χ3v) is 11.8. The minimum atomic E-state index is 0.861. The molecule has 0 aliphatic heterocycles. The van der Waals surface area contributed by atoms with E-state index in [0.29, 0.717) is 0 Å². The summed E-state index contributed by atoms with van der Waals surface area (Å²) < 4.78 is 16.4. The summed E-state index contributed by atoms with van der Waals surface area (Å²) in [5.41, 5.74) is 8.83. The molecule has 49 heavy (non-hydrogen) atoms. The highest BCUT2D eigenvalue weighted by molar-refractivity contribution is 7.28. The van der Waals surface area contributed by atoms with Crippen LogP contribution in [0.5, 0.6) is 0 Å². The van der Waals surface area contributed by atoms with Crippen molar-refractivity contribution in [3.8, 4) is 10.6 Å². The van der Waals surface area contributed by atoms with Crippen molar-refractivity contribution < 1.29 is 8.83 Å². The lowest BCUT2D eigenvalue weighted by Gasteiger charge is -2.25. The molecule has 7 aromatic carbocycles. The molecule has 6 heteroatoms. The largest absolute Gasteiger partial charge is 0.456 e. The second-order valence-electron chi connectivity index (χ2n) is 12.3. The van der Waals surface area contributed by atoms with Crippen LogP contribution in [0.4, 0.5) is 17.1 Å². The summed E-state index contributed by atoms with van der Waals surface area (Å²) in [6, 6.07) is 51.2. The van der Waals surface area contributed by atoms with Crippen molar-refractivity contribution >= 4 is 114 Å². The van der Waals surface area contributed by atoms with E-state index >= 15 is 0 Å². The molecule has 0 aliphatic carbocycles. The molecule has 230 valence electrons. The number of furan rings is 2. The lowest BCUT2D eigenvalue weighted by molar-refractivity contribution is 0.668. The highest BCUT2D eigenvalue weighted by Crippen LogP contribution is 2.46. The lowest BCUT2D eigenvalue weighted by atomic mass is 10.1. The topological polar surface area (TPSA) is 42.4 Å². The fraction of sp³-hybridized carbons (Fsp3) is 0. The number of benzene rings is 7. The Hall–Kier alpha value is -5.95. The fourth-order valence-electron chi connectivity index (χ4n) is 7.23. The minimum absolute atomic E-state index is 0.861. The molecule has 0 N–H and O–H groups in total. The smallest absolute Gasteiger partial charge is 0.137 e. The Morgan fingerprint density at radius 3 is 1.90 bits per heavy atom. The Balaban J connectivity index is 1.16. The van der Waals surface area contributed by atoms with Crippen LogP contribution < -0.4 is 4.90 Å². The molecular weight excluding hydrogens is 641 g/mol. The van der Waals surface area contributed by atoms with Crippen LogP contribution in [0.1, 0.15) is 0 Å². The lowest BCUT2D eigenvalue weighted by Crippen LogP contribution is -2.09. The molecule has 0 spiro atoms. The third-order valence-electron chi connectivity index (χ3n) is 9.49. The third kappa shape index (κ3) is 4.11. The maximum Gasteiger partial charge on any atom is 0.137 e. The summed E-state index contributed by atoms with van der Waals surface area (Å²) in [7, 11) is 0. The van der Waals surface area contributed by atoms with Crippen LogP contribution in [-0.2, 0) is 0 Å². The molecule has 4 aromatic heterocycles. The van der Waals surface area contributed by atoms with E-state index in [1.54, 1.807) is 11.3 Å². The molecule has 0 radical (unpaired) electrons. The van der Waals surface area contributed by atoms with E-state index in [-0.39, 0.29) is 0 Å². The van der Waals surface area contributed by atoms with E-state index in [1.807, 2.05) is 41.7 Å². The van der Waals surface area contributed by atoms with Gasteiger partial charge in [0.25, 0.3) is 0 Å². The average Bonchev–Trinajstić information content (AvgIpc) is 3.92. The molecule has 0 amide bonds. The van der Waals surface area contributed by atoms with Gasteiger partial charge in [0.1, 0.15) is 27.3 Å². The highest BCUT2D eigenvalue weighted by Gasteiger charge is 2.20. The minimum Gasteiger partial charge on any atom is -0.456 e. The van der Waals surface area contributed by atoms with Crippen molar-refractivity contribution in [2.24, 2.45) is 0 Å². The Morgan fingerprint density at radius 2 is 1.06 bits per heavy atom. The molecule has 4 heterocycles. The normalized spacial score (nSPS) is 12.1. The number of rotatable bonds is 4. The average molecular weight is 665 g/mol. The summed E-state index contributed by atoms with van der Waals surface area (Å²) in [6.45, 7) is 0. The summed E-state index contributed by atoms with van der Waals surface area (Å²) in [6.07, 6.45) is 0. The van der Waals surface area contributed by atoms with E-state index in [4.69, 9.17) is 13.8 Å². The zero-order valence-electron chi connectivity index (χ0n) is 25.9. The number of hydrogen-bond acceptors (Lipinski definition) is 6. The maximum absolute atomic E-state index is 6.39. The van der Waals surface area contributed by atoms with Gasteiger partial charge in [-0.2, -0.15) is 0 Å². The van der Waals surface area contributed by atoms with Gasteiger partial charge in [0, 0.05) is 70.4 Å². The van der Waals surface area contributed by atoms with Gasteiger partial charge >= 0.3 is 0 Å². The van der Waals surface area contributed by atoms with Gasteiger partial charge in [-0.05, 0) is 72.8 Å². The molecule has 11 aromatic rings. The van der Waals surface area contributed by atoms with Gasteiger partial charge in [0.15, 0.2) is 0 Å². The Morgan fingerprint density at radius 1 is 0.449 bits per heavy atom. The number of thiazole rings is 1. The predicted octanol–water partition coefficient (Wildman–Crippen LogP) is 13.6. The van der Waals surface area contributed by atoms with Crippen molar-refractivity contribution in [3.63, 3.8) is 0 Å². The molecule has 0 unspecified atom stereocenters. The van der Waals surface area contributed by atoms with Crippen molar-refractivity contribution in [1.29, 1.82) is 0 Å². The number of fused-ring (bicyclic) bond motifs is 11. The van der Waals surface area contributed by atoms with Crippen molar-refractivity contribution in [1.82, 2.24) is 4.98 Å². The second-order valence-corrected chi connectivity index (χ2v) is 14.4. The van der Waals surface area contributed by atoms with Crippen LogP contribution in [0.2, 0.25) is 0 Å². The van der Waals surface area contributed by atoms with Gasteiger partial charge in [-0.1, -0.05) is 66.7 Å². The van der Waals surface area contributed by atoms with Crippen LogP contribution >= 0.6 is 22.7 Å². The quantitative estimate of drug-likeness (QED) is 0.188. The van der Waals surface area contributed by atoms with Crippen molar-refractivity contribution in [2.75, 3.05) is 4.90 Å². The Kier molecular flexibility index (Phi) is 5.67. The molecule has 0 bridgehead atoms. The van der Waals surface area contributed by atoms with Crippen LogP contribution in [-0.4, -0.2) is 4.98 Å². The number of hydrogen-bond donors (Lipinski definition) is 0. The SMILES string of the molecule is c1ccc(-c2nc3ccc4sc5ccc(N(c6ccc7c(c6)oc6ccccc67)c6ccc7oc8ccccc8c7c6)cc5c4c3s2)cc1. The Labute approximate surface area is 287 Å². The summed E-state index contributed by atoms with van der Waals surface area (Å²) in [5.74, 6) is 0. The number of thiophene rings is 1. The zero-order chi connectivity index (χ0) is 32.1. The molecule has 0 atom stereocenters. The van der Waals surface area contributed by atoms with E-state index in [0.717, 1.165) is 77.0 Å². The van der Waals surface area contributed by atoms with E-state index in [9.17, 15) is 0 Å². The molecule has 0 aliphatic rings. The first-order chi connectivity index (χ1) is 24.2. The van der Waals surface area contributed by atoms with Crippen molar-refractivity contribution in [3.05, 3.63) is 146 Å². The molecule has 0 saturated carbocycles. The summed E-state index contributed by atoms with van der Waals surface area (Å²) >= 11 is 3.61. The number of aromatic nitrogens is 1. The van der Waals surface area contributed by atoms with Gasteiger partial charge < -0.3 is 13.7 Å². The Bertz CT molecular complexity index is 3080. The van der Waals surface area contributed by atoms with Gasteiger partial charge in [-0.25, -0.2) is 4.98 Å². The van der Waals surface area contributed by atoms with E-state index in [1.165, 1.54) is 24.9 Å². The number of para-hydroxylation sites is 2. The van der Waals surface area contributed by atoms with Gasteiger partial charge in [0.05, 0.1) is 10.2 Å². The van der Waals surface area contributed by atoms with Crippen LogP contribution in [0, 0.1) is 0 Å². The van der Waals surface area contributed by atoms with E-state index < -0.39 is 0 Å². The predicted molar refractivity (Wildman–Crippen MR) is 207 cm³/mol. The molecule has 11 rings (SSSR count). The monoisotopic (exact) mass is 664 g/mol. The molecule has 4 nitrogen and oxygen atoms in total. The first-order valence-electron chi connectivity index (χ1n) is 16.2. The molecule has 0 fully saturated rings. The van der Waals surface area contributed by atoms with Gasteiger partial charge in [0.2, 0.25) is 0 Å². The molecular formula is C43H24N2O2S2. The first-order valence-corrected chi connectivity index (χ1v) is 17.8. The van der Waals surface area contributed by atoms with Crippen LogP contribution in [0.25, 0.3) is 84.8 Å². The van der Waals surface area contributed by atoms with Crippen molar-refractivity contribution in [2.45, 2.75) is 0 Å². The number of nitrogens with zero attached hydrogens (tertiary/aromatic N) is 2. The first kappa shape index (κ1) is 27.0. The number of anilines is 3. The summed E-state index contributed by atoms with van der Waals surface area (Å²) in [5, 5.41) is 7.96. The van der Waals surface area contributed by atoms with E-state index in [2.05, 4.69) is 120 Å².